The van der Waals surface area contributed by atoms with Crippen LogP contribution in [0.1, 0.15) is 17.3 Å². The Balaban J connectivity index is 1.59. The Kier molecular flexibility index (Phi) is 7.48. The second kappa shape index (κ2) is 10.7. The summed E-state index contributed by atoms with van der Waals surface area (Å²) in [6.45, 7) is 1.87. The summed E-state index contributed by atoms with van der Waals surface area (Å²) in [6, 6.07) is 21.5. The molecule has 9 heteroatoms. The van der Waals surface area contributed by atoms with E-state index in [9.17, 15) is 14.0 Å². The fourth-order valence-electron chi connectivity index (χ4n) is 3.54. The van der Waals surface area contributed by atoms with Crippen LogP contribution in [0.3, 0.4) is 0 Å². The van der Waals surface area contributed by atoms with Crippen LogP contribution < -0.4 is 5.32 Å². The predicted octanol–water partition coefficient (Wildman–Crippen LogP) is 6.09. The molecule has 178 valence electrons. The molecule has 0 bridgehead atoms. The highest BCUT2D eigenvalue weighted by atomic mass is 35.5. The first-order valence-corrected chi connectivity index (χ1v) is 11.6. The van der Waals surface area contributed by atoms with Gasteiger partial charge in [0.25, 0.3) is 5.91 Å². The molecule has 0 aliphatic rings. The fraction of sp³-hybridized carbons (Fsp3) is 0.115. The summed E-state index contributed by atoms with van der Waals surface area (Å²) >= 11 is 12.1. The number of benzene rings is 3. The van der Waals surface area contributed by atoms with Crippen molar-refractivity contribution in [3.8, 4) is 16.9 Å². The van der Waals surface area contributed by atoms with Gasteiger partial charge in [-0.1, -0.05) is 53.5 Å². The van der Waals surface area contributed by atoms with Gasteiger partial charge < -0.3 is 10.2 Å². The molecule has 3 aromatic carbocycles. The van der Waals surface area contributed by atoms with E-state index in [0.717, 1.165) is 5.56 Å². The summed E-state index contributed by atoms with van der Waals surface area (Å²) in [7, 11) is 0. The first kappa shape index (κ1) is 24.4. The third-order valence-electron chi connectivity index (χ3n) is 5.23. The number of hydrogen-bond acceptors (Lipinski definition) is 3. The van der Waals surface area contributed by atoms with Crippen molar-refractivity contribution >= 4 is 40.8 Å². The summed E-state index contributed by atoms with van der Waals surface area (Å²) in [6.07, 6.45) is 0. The molecule has 0 spiro atoms. The van der Waals surface area contributed by atoms with E-state index in [2.05, 4.69) is 10.4 Å². The number of anilines is 1. The van der Waals surface area contributed by atoms with Gasteiger partial charge in [0.05, 0.1) is 11.4 Å². The summed E-state index contributed by atoms with van der Waals surface area (Å²) in [5.74, 6) is -0.789. The van der Waals surface area contributed by atoms with E-state index >= 15 is 0 Å². The molecule has 4 rings (SSSR count). The number of nitrogens with zero attached hydrogens (tertiary/aromatic N) is 3. The third kappa shape index (κ3) is 5.88. The lowest BCUT2D eigenvalue weighted by Crippen LogP contribution is -2.38. The van der Waals surface area contributed by atoms with Crippen molar-refractivity contribution in [2.75, 3.05) is 18.4 Å². The van der Waals surface area contributed by atoms with Gasteiger partial charge in [0.1, 0.15) is 18.2 Å². The standard InChI is InChI=1S/C26H21Cl2FN4O2/c1-2-32(26(35)18-12-19(27)14-20(28)13-18)16-25(34)30-24-15-23(17-6-4-3-5-7-17)31-33(24)22-10-8-21(29)9-11-22/h3-15H,2,16H2,1H3,(H,30,34). The van der Waals surface area contributed by atoms with E-state index < -0.39 is 5.91 Å². The smallest absolute Gasteiger partial charge is 0.254 e. The maximum Gasteiger partial charge on any atom is 0.254 e. The van der Waals surface area contributed by atoms with Crippen LogP contribution in [0.15, 0.2) is 78.9 Å². The van der Waals surface area contributed by atoms with Crippen molar-refractivity contribution in [1.29, 1.82) is 0 Å². The first-order valence-electron chi connectivity index (χ1n) is 10.8. The highest BCUT2D eigenvalue weighted by Gasteiger charge is 2.20. The van der Waals surface area contributed by atoms with Crippen LogP contribution in [0.4, 0.5) is 10.2 Å². The molecule has 0 fully saturated rings. The molecule has 0 unspecified atom stereocenters. The number of amides is 2. The van der Waals surface area contributed by atoms with E-state index in [1.165, 1.54) is 39.9 Å². The molecule has 4 aromatic rings. The van der Waals surface area contributed by atoms with Gasteiger partial charge in [0.2, 0.25) is 5.91 Å². The van der Waals surface area contributed by atoms with E-state index in [1.54, 1.807) is 25.1 Å². The van der Waals surface area contributed by atoms with Gasteiger partial charge in [0, 0.05) is 33.8 Å². The van der Waals surface area contributed by atoms with Gasteiger partial charge in [-0.05, 0) is 49.4 Å². The number of carbonyl (C=O) groups is 2. The monoisotopic (exact) mass is 510 g/mol. The third-order valence-corrected chi connectivity index (χ3v) is 5.67. The zero-order valence-electron chi connectivity index (χ0n) is 18.7. The quantitative estimate of drug-likeness (QED) is 0.327. The highest BCUT2D eigenvalue weighted by molar-refractivity contribution is 6.35. The van der Waals surface area contributed by atoms with Gasteiger partial charge in [-0.2, -0.15) is 5.10 Å². The average Bonchev–Trinajstić information content (AvgIpc) is 3.26. The van der Waals surface area contributed by atoms with Crippen LogP contribution in [0.5, 0.6) is 0 Å². The molecule has 6 nitrogen and oxygen atoms in total. The number of likely N-dealkylation sites (N-methyl/N-ethyl adjacent to an activating group) is 1. The van der Waals surface area contributed by atoms with Crippen molar-refractivity contribution in [1.82, 2.24) is 14.7 Å². The molecule has 0 aliphatic heterocycles. The van der Waals surface area contributed by atoms with Gasteiger partial charge >= 0.3 is 0 Å². The molecule has 1 aromatic heterocycles. The molecule has 0 saturated heterocycles. The summed E-state index contributed by atoms with van der Waals surface area (Å²) < 4.78 is 15.0. The minimum atomic E-state index is -0.420. The summed E-state index contributed by atoms with van der Waals surface area (Å²) in [4.78, 5) is 27.3. The molecular weight excluding hydrogens is 490 g/mol. The van der Waals surface area contributed by atoms with E-state index in [1.807, 2.05) is 30.3 Å². The van der Waals surface area contributed by atoms with E-state index in [-0.39, 0.29) is 18.3 Å². The van der Waals surface area contributed by atoms with Gasteiger partial charge in [-0.25, -0.2) is 9.07 Å². The number of aromatic nitrogens is 2. The lowest BCUT2D eigenvalue weighted by molar-refractivity contribution is -0.116. The topological polar surface area (TPSA) is 67.2 Å². The van der Waals surface area contributed by atoms with Crippen molar-refractivity contribution in [2.45, 2.75) is 6.92 Å². The maximum atomic E-state index is 13.5. The Labute approximate surface area is 211 Å². The van der Waals surface area contributed by atoms with Crippen molar-refractivity contribution in [3.63, 3.8) is 0 Å². The Morgan fingerprint density at radius 3 is 2.26 bits per heavy atom. The lowest BCUT2D eigenvalue weighted by Gasteiger charge is -2.21. The summed E-state index contributed by atoms with van der Waals surface area (Å²) in [5.41, 5.74) is 2.34. The Hall–Kier alpha value is -3.68. The van der Waals surface area contributed by atoms with Crippen LogP contribution in [0, 0.1) is 5.82 Å². The van der Waals surface area contributed by atoms with E-state index in [4.69, 9.17) is 23.2 Å². The van der Waals surface area contributed by atoms with Crippen LogP contribution in [-0.2, 0) is 4.79 Å². The number of carbonyl (C=O) groups excluding carboxylic acids is 2. The largest absolute Gasteiger partial charge is 0.330 e. The highest BCUT2D eigenvalue weighted by Crippen LogP contribution is 2.25. The second-order valence-electron chi connectivity index (χ2n) is 7.69. The number of halogens is 3. The number of nitrogens with one attached hydrogen (secondary N) is 1. The average molecular weight is 511 g/mol. The van der Waals surface area contributed by atoms with Crippen LogP contribution in [-0.4, -0.2) is 39.6 Å². The Morgan fingerprint density at radius 2 is 1.63 bits per heavy atom. The van der Waals surface area contributed by atoms with Crippen LogP contribution in [0.25, 0.3) is 16.9 Å². The molecule has 0 aliphatic carbocycles. The fourth-order valence-corrected chi connectivity index (χ4v) is 4.07. The minimum Gasteiger partial charge on any atom is -0.330 e. The zero-order valence-corrected chi connectivity index (χ0v) is 20.2. The zero-order chi connectivity index (χ0) is 24.9. The summed E-state index contributed by atoms with van der Waals surface area (Å²) in [5, 5.41) is 8.10. The molecule has 0 radical (unpaired) electrons. The lowest BCUT2D eigenvalue weighted by atomic mass is 10.1. The molecule has 0 atom stereocenters. The minimum absolute atomic E-state index is 0.200. The number of hydrogen-bond donors (Lipinski definition) is 1. The molecule has 35 heavy (non-hydrogen) atoms. The molecular formula is C26H21Cl2FN4O2. The SMILES string of the molecule is CCN(CC(=O)Nc1cc(-c2ccccc2)nn1-c1ccc(F)cc1)C(=O)c1cc(Cl)cc(Cl)c1. The molecule has 2 amide bonds. The van der Waals surface area contributed by atoms with Crippen LogP contribution in [0.2, 0.25) is 10.0 Å². The Morgan fingerprint density at radius 1 is 0.971 bits per heavy atom. The van der Waals surface area contributed by atoms with Crippen molar-refractivity contribution < 1.29 is 14.0 Å². The maximum absolute atomic E-state index is 13.5. The Bertz CT molecular complexity index is 1340. The first-order chi connectivity index (χ1) is 16.8. The number of rotatable bonds is 7. The predicted molar refractivity (Wildman–Crippen MR) is 136 cm³/mol. The molecule has 0 saturated carbocycles. The molecule has 1 N–H and O–H groups in total. The van der Waals surface area contributed by atoms with Crippen molar-refractivity contribution in [2.24, 2.45) is 0 Å². The van der Waals surface area contributed by atoms with Gasteiger partial charge in [-0.3, -0.25) is 9.59 Å². The van der Waals surface area contributed by atoms with Gasteiger partial charge in [-0.15, -0.1) is 0 Å². The van der Waals surface area contributed by atoms with Crippen LogP contribution >= 0.6 is 23.2 Å². The normalized spacial score (nSPS) is 10.7. The van der Waals surface area contributed by atoms with Gasteiger partial charge in [0.15, 0.2) is 0 Å². The van der Waals surface area contributed by atoms with Crippen molar-refractivity contribution in [3.05, 3.63) is 100 Å². The molecule has 1 heterocycles. The van der Waals surface area contributed by atoms with E-state index in [0.29, 0.717) is 39.4 Å². The second-order valence-corrected chi connectivity index (χ2v) is 8.57.